The molecule has 0 saturated carbocycles. The van der Waals surface area contributed by atoms with Gasteiger partial charge in [0, 0.05) is 26.0 Å². The summed E-state index contributed by atoms with van der Waals surface area (Å²) in [5.41, 5.74) is 1.09. The lowest BCUT2D eigenvalue weighted by molar-refractivity contribution is 0.0690. The van der Waals surface area contributed by atoms with Crippen molar-refractivity contribution in [3.8, 4) is 0 Å². The molecule has 5 nitrogen and oxygen atoms in total. The molecular weight excluding hydrogens is 230 g/mol. The van der Waals surface area contributed by atoms with Gasteiger partial charge < -0.3 is 10.0 Å². The van der Waals surface area contributed by atoms with E-state index in [1.165, 1.54) is 6.07 Å². The Morgan fingerprint density at radius 1 is 1.33 bits per heavy atom. The topological polar surface area (TPSA) is 66.3 Å². The van der Waals surface area contributed by atoms with Crippen LogP contribution in [0, 0.1) is 0 Å². The maximum absolute atomic E-state index is 10.8. The van der Waals surface area contributed by atoms with Gasteiger partial charge in [0.1, 0.15) is 5.82 Å². The van der Waals surface area contributed by atoms with E-state index in [1.54, 1.807) is 24.5 Å². The van der Waals surface area contributed by atoms with Gasteiger partial charge in [0.05, 0.1) is 0 Å². The zero-order chi connectivity index (χ0) is 13.0. The van der Waals surface area contributed by atoms with Crippen molar-refractivity contribution < 1.29 is 9.90 Å². The predicted molar refractivity (Wildman–Crippen MR) is 67.5 cm³/mol. The fourth-order valence-electron chi connectivity index (χ4n) is 1.60. The van der Waals surface area contributed by atoms with Crippen LogP contribution in [0.15, 0.2) is 42.7 Å². The quantitative estimate of drug-likeness (QED) is 0.887. The first-order valence-corrected chi connectivity index (χ1v) is 5.47. The third kappa shape index (κ3) is 2.82. The van der Waals surface area contributed by atoms with Crippen molar-refractivity contribution in [3.05, 3.63) is 54.0 Å². The fraction of sp³-hybridized carbons (Fsp3) is 0.154. The molecule has 0 radical (unpaired) electrons. The molecule has 0 fully saturated rings. The van der Waals surface area contributed by atoms with Gasteiger partial charge in [-0.25, -0.2) is 9.78 Å². The van der Waals surface area contributed by atoms with Gasteiger partial charge in [-0.2, -0.15) is 0 Å². The first-order chi connectivity index (χ1) is 8.66. The molecule has 0 unspecified atom stereocenters. The fourth-order valence-corrected chi connectivity index (χ4v) is 1.60. The van der Waals surface area contributed by atoms with Crippen molar-refractivity contribution in [2.45, 2.75) is 6.54 Å². The van der Waals surface area contributed by atoms with Crippen molar-refractivity contribution in [3.63, 3.8) is 0 Å². The summed E-state index contributed by atoms with van der Waals surface area (Å²) in [4.78, 5) is 20.8. The van der Waals surface area contributed by atoms with Crippen LogP contribution in [0.4, 0.5) is 5.82 Å². The molecule has 2 heterocycles. The molecule has 0 aliphatic heterocycles. The molecule has 2 aromatic heterocycles. The van der Waals surface area contributed by atoms with Crippen LogP contribution in [0.25, 0.3) is 0 Å². The second-order valence-electron chi connectivity index (χ2n) is 3.90. The standard InChI is InChI=1S/C13H13N3O2/c1-16(9-10-4-3-7-14-8-10)12-6-2-5-11(15-12)13(17)18/h2-8H,9H2,1H3,(H,17,18). The molecule has 5 heteroatoms. The lowest BCUT2D eigenvalue weighted by atomic mass is 10.2. The Morgan fingerprint density at radius 2 is 2.17 bits per heavy atom. The number of hydrogen-bond donors (Lipinski definition) is 1. The molecule has 92 valence electrons. The summed E-state index contributed by atoms with van der Waals surface area (Å²) in [6.07, 6.45) is 3.49. The number of rotatable bonds is 4. The van der Waals surface area contributed by atoms with Gasteiger partial charge in [-0.3, -0.25) is 4.98 Å². The predicted octanol–water partition coefficient (Wildman–Crippen LogP) is 1.81. The van der Waals surface area contributed by atoms with Crippen LogP contribution in [0.1, 0.15) is 16.1 Å². The number of aromatic nitrogens is 2. The Bertz CT molecular complexity index is 543. The van der Waals surface area contributed by atoms with Crippen LogP contribution in [-0.2, 0) is 6.54 Å². The minimum absolute atomic E-state index is 0.0468. The first kappa shape index (κ1) is 12.0. The van der Waals surface area contributed by atoms with E-state index in [2.05, 4.69) is 9.97 Å². The number of carboxylic acid groups (broad SMARTS) is 1. The van der Waals surface area contributed by atoms with Crippen LogP contribution in [0.2, 0.25) is 0 Å². The number of pyridine rings is 2. The molecule has 0 aromatic carbocycles. The zero-order valence-electron chi connectivity index (χ0n) is 9.95. The van der Waals surface area contributed by atoms with Crippen LogP contribution in [-0.4, -0.2) is 28.1 Å². The summed E-state index contributed by atoms with van der Waals surface area (Å²) in [5, 5.41) is 8.89. The van der Waals surface area contributed by atoms with Crippen LogP contribution in [0.3, 0.4) is 0 Å². The Morgan fingerprint density at radius 3 is 2.83 bits per heavy atom. The highest BCUT2D eigenvalue weighted by Gasteiger charge is 2.08. The number of carbonyl (C=O) groups is 1. The molecule has 2 aromatic rings. The van der Waals surface area contributed by atoms with Gasteiger partial charge in [-0.15, -0.1) is 0 Å². The molecular formula is C13H13N3O2. The number of hydrogen-bond acceptors (Lipinski definition) is 4. The van der Waals surface area contributed by atoms with E-state index in [1.807, 2.05) is 24.1 Å². The average molecular weight is 243 g/mol. The third-order valence-electron chi connectivity index (χ3n) is 2.49. The molecule has 0 amide bonds. The van der Waals surface area contributed by atoms with Gasteiger partial charge >= 0.3 is 5.97 Å². The van der Waals surface area contributed by atoms with Crippen molar-refractivity contribution in [2.75, 3.05) is 11.9 Å². The van der Waals surface area contributed by atoms with Gasteiger partial charge in [0.25, 0.3) is 0 Å². The summed E-state index contributed by atoms with van der Waals surface area (Å²) in [6, 6.07) is 8.77. The summed E-state index contributed by atoms with van der Waals surface area (Å²) < 4.78 is 0. The summed E-state index contributed by atoms with van der Waals surface area (Å²) in [6.45, 7) is 0.629. The van der Waals surface area contributed by atoms with Gasteiger partial charge in [-0.05, 0) is 23.8 Å². The minimum Gasteiger partial charge on any atom is -0.477 e. The Kier molecular flexibility index (Phi) is 3.52. The summed E-state index contributed by atoms with van der Waals surface area (Å²) >= 11 is 0. The molecule has 0 atom stereocenters. The van der Waals surface area contributed by atoms with Crippen LogP contribution < -0.4 is 4.90 Å². The highest BCUT2D eigenvalue weighted by molar-refractivity contribution is 5.85. The molecule has 2 rings (SSSR count). The SMILES string of the molecule is CN(Cc1cccnc1)c1cccc(C(=O)O)n1. The average Bonchev–Trinajstić information content (AvgIpc) is 2.40. The van der Waals surface area contributed by atoms with Gasteiger partial charge in [-0.1, -0.05) is 12.1 Å². The van der Waals surface area contributed by atoms with E-state index >= 15 is 0 Å². The first-order valence-electron chi connectivity index (χ1n) is 5.47. The summed E-state index contributed by atoms with van der Waals surface area (Å²) in [5.74, 6) is -0.398. The maximum Gasteiger partial charge on any atom is 0.354 e. The molecule has 1 N–H and O–H groups in total. The lowest BCUT2D eigenvalue weighted by Crippen LogP contribution is -2.18. The van der Waals surface area contributed by atoms with Crippen LogP contribution in [0.5, 0.6) is 0 Å². The molecule has 0 aliphatic rings. The van der Waals surface area contributed by atoms with Crippen molar-refractivity contribution in [1.82, 2.24) is 9.97 Å². The van der Waals surface area contributed by atoms with Crippen molar-refractivity contribution in [1.29, 1.82) is 0 Å². The normalized spacial score (nSPS) is 10.1. The molecule has 0 saturated heterocycles. The molecule has 0 spiro atoms. The van der Waals surface area contributed by atoms with E-state index in [9.17, 15) is 4.79 Å². The Hall–Kier alpha value is -2.43. The second kappa shape index (κ2) is 5.27. The van der Waals surface area contributed by atoms with E-state index in [0.717, 1.165) is 5.56 Å². The Balaban J connectivity index is 2.16. The molecule has 0 bridgehead atoms. The summed E-state index contributed by atoms with van der Waals surface area (Å²) in [7, 11) is 1.86. The number of aromatic carboxylic acids is 1. The van der Waals surface area contributed by atoms with Crippen LogP contribution >= 0.6 is 0 Å². The maximum atomic E-state index is 10.8. The largest absolute Gasteiger partial charge is 0.477 e. The molecule has 18 heavy (non-hydrogen) atoms. The number of anilines is 1. The highest BCUT2D eigenvalue weighted by atomic mass is 16.4. The van der Waals surface area contributed by atoms with E-state index < -0.39 is 5.97 Å². The number of nitrogens with zero attached hydrogens (tertiary/aromatic N) is 3. The second-order valence-corrected chi connectivity index (χ2v) is 3.90. The minimum atomic E-state index is -1.02. The van der Waals surface area contributed by atoms with Crippen molar-refractivity contribution in [2.24, 2.45) is 0 Å². The monoisotopic (exact) mass is 243 g/mol. The lowest BCUT2D eigenvalue weighted by Gasteiger charge is -2.18. The van der Waals surface area contributed by atoms with E-state index in [4.69, 9.17) is 5.11 Å². The van der Waals surface area contributed by atoms with E-state index in [0.29, 0.717) is 12.4 Å². The zero-order valence-corrected chi connectivity index (χ0v) is 9.95. The number of carboxylic acids is 1. The van der Waals surface area contributed by atoms with Crippen molar-refractivity contribution >= 4 is 11.8 Å². The van der Waals surface area contributed by atoms with E-state index in [-0.39, 0.29) is 5.69 Å². The van der Waals surface area contributed by atoms with Gasteiger partial charge in [0.15, 0.2) is 5.69 Å². The third-order valence-corrected chi connectivity index (χ3v) is 2.49. The smallest absolute Gasteiger partial charge is 0.354 e. The van der Waals surface area contributed by atoms with Gasteiger partial charge in [0.2, 0.25) is 0 Å². The Labute approximate surface area is 105 Å². The molecule has 0 aliphatic carbocycles. The highest BCUT2D eigenvalue weighted by Crippen LogP contribution is 2.12.